The van der Waals surface area contributed by atoms with Crippen LogP contribution in [-0.4, -0.2) is 24.1 Å². The molecule has 1 aromatic carbocycles. The standard InChI is InChI=1S/C14H20N2O2/c1-10(17)11-3-5-12(6-4-11)16-8-7-14(2,9-16)13(15)18/h3-6,10,17H,7-9H2,1-2H3,(H2,15,18). The summed E-state index contributed by atoms with van der Waals surface area (Å²) < 4.78 is 0. The van der Waals surface area contributed by atoms with Gasteiger partial charge in [-0.05, 0) is 38.0 Å². The summed E-state index contributed by atoms with van der Waals surface area (Å²) in [6.07, 6.45) is 0.342. The minimum Gasteiger partial charge on any atom is -0.389 e. The number of nitrogens with zero attached hydrogens (tertiary/aromatic N) is 1. The smallest absolute Gasteiger partial charge is 0.225 e. The van der Waals surface area contributed by atoms with Gasteiger partial charge in [-0.2, -0.15) is 0 Å². The van der Waals surface area contributed by atoms with Crippen LogP contribution < -0.4 is 10.6 Å². The Labute approximate surface area is 107 Å². The van der Waals surface area contributed by atoms with Crippen molar-refractivity contribution >= 4 is 11.6 Å². The van der Waals surface area contributed by atoms with Crippen LogP contribution in [0, 0.1) is 5.41 Å². The molecule has 1 aliphatic rings. The van der Waals surface area contributed by atoms with Crippen LogP contribution >= 0.6 is 0 Å². The fraction of sp³-hybridized carbons (Fsp3) is 0.500. The molecule has 4 heteroatoms. The number of aliphatic hydroxyl groups is 1. The van der Waals surface area contributed by atoms with Crippen LogP contribution in [0.1, 0.15) is 31.9 Å². The van der Waals surface area contributed by atoms with E-state index in [0.29, 0.717) is 6.54 Å². The van der Waals surface area contributed by atoms with Crippen molar-refractivity contribution in [1.82, 2.24) is 0 Å². The molecule has 1 heterocycles. The first-order valence-electron chi connectivity index (χ1n) is 6.25. The van der Waals surface area contributed by atoms with Crippen LogP contribution in [-0.2, 0) is 4.79 Å². The van der Waals surface area contributed by atoms with Crippen molar-refractivity contribution in [2.75, 3.05) is 18.0 Å². The molecular formula is C14H20N2O2. The molecule has 1 fully saturated rings. The molecule has 1 aromatic rings. The van der Waals surface area contributed by atoms with Gasteiger partial charge in [0.15, 0.2) is 0 Å². The number of primary amides is 1. The van der Waals surface area contributed by atoms with Crippen molar-refractivity contribution in [2.24, 2.45) is 11.1 Å². The van der Waals surface area contributed by atoms with Crippen molar-refractivity contribution < 1.29 is 9.90 Å². The topological polar surface area (TPSA) is 66.6 Å². The molecule has 1 saturated heterocycles. The first-order valence-corrected chi connectivity index (χ1v) is 6.25. The lowest BCUT2D eigenvalue weighted by Gasteiger charge is -2.22. The van der Waals surface area contributed by atoms with E-state index in [-0.39, 0.29) is 5.91 Å². The van der Waals surface area contributed by atoms with Gasteiger partial charge in [0, 0.05) is 18.8 Å². The van der Waals surface area contributed by atoms with Gasteiger partial charge in [0.05, 0.1) is 11.5 Å². The van der Waals surface area contributed by atoms with Gasteiger partial charge >= 0.3 is 0 Å². The van der Waals surface area contributed by atoms with Crippen molar-refractivity contribution in [2.45, 2.75) is 26.4 Å². The molecule has 2 unspecified atom stereocenters. The largest absolute Gasteiger partial charge is 0.389 e. The number of hydrogen-bond donors (Lipinski definition) is 2. The molecular weight excluding hydrogens is 228 g/mol. The molecule has 0 bridgehead atoms. The minimum absolute atomic E-state index is 0.231. The Morgan fingerprint density at radius 1 is 1.44 bits per heavy atom. The highest BCUT2D eigenvalue weighted by atomic mass is 16.3. The second kappa shape index (κ2) is 4.61. The van der Waals surface area contributed by atoms with E-state index in [1.54, 1.807) is 6.92 Å². The minimum atomic E-state index is -0.450. The number of amides is 1. The molecule has 0 spiro atoms. The number of rotatable bonds is 3. The fourth-order valence-electron chi connectivity index (χ4n) is 2.35. The third-order valence-electron chi connectivity index (χ3n) is 3.81. The summed E-state index contributed by atoms with van der Waals surface area (Å²) in [5.74, 6) is -0.231. The van der Waals surface area contributed by atoms with Crippen LogP contribution in [0.4, 0.5) is 5.69 Å². The van der Waals surface area contributed by atoms with Gasteiger partial charge in [-0.25, -0.2) is 0 Å². The zero-order valence-corrected chi connectivity index (χ0v) is 10.9. The molecule has 0 radical (unpaired) electrons. The van der Waals surface area contributed by atoms with E-state index in [0.717, 1.165) is 24.2 Å². The van der Waals surface area contributed by atoms with E-state index in [2.05, 4.69) is 4.90 Å². The first kappa shape index (κ1) is 12.9. The van der Waals surface area contributed by atoms with Gasteiger partial charge in [-0.15, -0.1) is 0 Å². The average Bonchev–Trinajstić information content (AvgIpc) is 2.73. The predicted molar refractivity (Wildman–Crippen MR) is 71.2 cm³/mol. The molecule has 2 rings (SSSR count). The molecule has 2 atom stereocenters. The Kier molecular flexibility index (Phi) is 3.30. The summed E-state index contributed by atoms with van der Waals surface area (Å²) in [5.41, 5.74) is 6.98. The molecule has 98 valence electrons. The third-order valence-corrected chi connectivity index (χ3v) is 3.81. The van der Waals surface area contributed by atoms with Crippen molar-refractivity contribution in [3.63, 3.8) is 0 Å². The number of nitrogens with two attached hydrogens (primary N) is 1. The molecule has 0 aliphatic carbocycles. The van der Waals surface area contributed by atoms with E-state index in [4.69, 9.17) is 5.73 Å². The second-order valence-corrected chi connectivity index (χ2v) is 5.36. The van der Waals surface area contributed by atoms with Crippen LogP contribution in [0.2, 0.25) is 0 Å². The lowest BCUT2D eigenvalue weighted by Crippen LogP contribution is -2.37. The molecule has 1 aliphatic heterocycles. The van der Waals surface area contributed by atoms with Crippen LogP contribution in [0.3, 0.4) is 0 Å². The maximum absolute atomic E-state index is 11.4. The second-order valence-electron chi connectivity index (χ2n) is 5.36. The molecule has 3 N–H and O–H groups in total. The zero-order valence-electron chi connectivity index (χ0n) is 10.9. The van der Waals surface area contributed by atoms with Crippen LogP contribution in [0.15, 0.2) is 24.3 Å². The Balaban J connectivity index is 2.12. The number of hydrogen-bond acceptors (Lipinski definition) is 3. The van der Waals surface area contributed by atoms with E-state index >= 15 is 0 Å². The monoisotopic (exact) mass is 248 g/mol. The lowest BCUT2D eigenvalue weighted by molar-refractivity contribution is -0.125. The summed E-state index contributed by atoms with van der Waals surface area (Å²) in [6, 6.07) is 7.80. The average molecular weight is 248 g/mol. The number of aliphatic hydroxyl groups excluding tert-OH is 1. The van der Waals surface area contributed by atoms with Crippen LogP contribution in [0.5, 0.6) is 0 Å². The Bertz CT molecular complexity index is 442. The lowest BCUT2D eigenvalue weighted by atomic mass is 9.89. The van der Waals surface area contributed by atoms with E-state index in [1.807, 2.05) is 31.2 Å². The first-order chi connectivity index (χ1) is 8.42. The normalized spacial score (nSPS) is 25.2. The summed E-state index contributed by atoms with van der Waals surface area (Å²) >= 11 is 0. The Hall–Kier alpha value is -1.55. The number of anilines is 1. The summed E-state index contributed by atoms with van der Waals surface area (Å²) in [5, 5.41) is 9.46. The maximum atomic E-state index is 11.4. The van der Waals surface area contributed by atoms with Crippen molar-refractivity contribution in [1.29, 1.82) is 0 Å². The van der Waals surface area contributed by atoms with Gasteiger partial charge in [-0.1, -0.05) is 12.1 Å². The highest BCUT2D eigenvalue weighted by Gasteiger charge is 2.38. The van der Waals surface area contributed by atoms with Crippen molar-refractivity contribution in [3.8, 4) is 0 Å². The zero-order chi connectivity index (χ0) is 13.3. The van der Waals surface area contributed by atoms with Crippen LogP contribution in [0.25, 0.3) is 0 Å². The highest BCUT2D eigenvalue weighted by Crippen LogP contribution is 2.33. The molecule has 4 nitrogen and oxygen atoms in total. The third kappa shape index (κ3) is 2.34. The number of carbonyl (C=O) groups is 1. The van der Waals surface area contributed by atoms with Crippen molar-refractivity contribution in [3.05, 3.63) is 29.8 Å². The highest BCUT2D eigenvalue weighted by molar-refractivity contribution is 5.82. The van der Waals surface area contributed by atoms with Gasteiger partial charge in [0.1, 0.15) is 0 Å². The summed E-state index contributed by atoms with van der Waals surface area (Å²) in [7, 11) is 0. The summed E-state index contributed by atoms with van der Waals surface area (Å²) in [6.45, 7) is 5.17. The molecule has 1 amide bonds. The van der Waals surface area contributed by atoms with Gasteiger partial charge in [0.25, 0.3) is 0 Å². The maximum Gasteiger partial charge on any atom is 0.225 e. The van der Waals surface area contributed by atoms with Gasteiger partial charge in [-0.3, -0.25) is 4.79 Å². The Morgan fingerprint density at radius 3 is 2.50 bits per heavy atom. The van der Waals surface area contributed by atoms with E-state index in [9.17, 15) is 9.90 Å². The number of benzene rings is 1. The molecule has 18 heavy (non-hydrogen) atoms. The van der Waals surface area contributed by atoms with E-state index < -0.39 is 11.5 Å². The fourth-order valence-corrected chi connectivity index (χ4v) is 2.35. The summed E-state index contributed by atoms with van der Waals surface area (Å²) in [4.78, 5) is 13.6. The van der Waals surface area contributed by atoms with Gasteiger partial charge in [0.2, 0.25) is 5.91 Å². The quantitative estimate of drug-likeness (QED) is 0.850. The predicted octanol–water partition coefficient (Wildman–Crippen LogP) is 1.44. The Morgan fingerprint density at radius 2 is 2.06 bits per heavy atom. The van der Waals surface area contributed by atoms with Gasteiger partial charge < -0.3 is 15.7 Å². The molecule has 0 aromatic heterocycles. The van der Waals surface area contributed by atoms with E-state index in [1.165, 1.54) is 0 Å². The SMILES string of the molecule is CC(O)c1ccc(N2CCC(C)(C(N)=O)C2)cc1. The molecule has 0 saturated carbocycles. The number of carbonyl (C=O) groups excluding carboxylic acids is 1.